The first-order valence-electron chi connectivity index (χ1n) is 7.19. The van der Waals surface area contributed by atoms with Crippen LogP contribution in [0.15, 0.2) is 58.0 Å². The zero-order valence-electron chi connectivity index (χ0n) is 13.6. The maximum Gasteiger partial charge on any atom is 0.417 e. The molecule has 0 fully saturated rings. The molecule has 0 bridgehead atoms. The fourth-order valence-corrected chi connectivity index (χ4v) is 3.98. The van der Waals surface area contributed by atoms with Gasteiger partial charge < -0.3 is 5.32 Å². The Morgan fingerprint density at radius 1 is 1.07 bits per heavy atom. The Balaban J connectivity index is 2.73. The van der Waals surface area contributed by atoms with Gasteiger partial charge in [0.05, 0.1) is 26.1 Å². The second kappa shape index (κ2) is 8.11. The molecule has 0 radical (unpaired) electrons. The minimum atomic E-state index is -4.85. The Hall–Kier alpha value is -2.72. The fraction of sp³-hybridized carbons (Fsp3) is 0.0588. The van der Waals surface area contributed by atoms with Gasteiger partial charge in [-0.15, -0.1) is 0 Å². The lowest BCUT2D eigenvalue weighted by Crippen LogP contribution is -2.11. The minimum absolute atomic E-state index is 0.236. The molecule has 144 valence electrons. The lowest BCUT2D eigenvalue weighted by molar-refractivity contribution is -0.137. The highest BCUT2D eigenvalue weighted by atomic mass is 35.5. The van der Waals surface area contributed by atoms with Gasteiger partial charge in [-0.1, -0.05) is 23.2 Å². The van der Waals surface area contributed by atoms with E-state index in [2.05, 4.69) is 5.32 Å². The van der Waals surface area contributed by atoms with Crippen LogP contribution in [0.1, 0.15) is 5.56 Å². The van der Waals surface area contributed by atoms with E-state index in [1.54, 1.807) is 0 Å². The van der Waals surface area contributed by atoms with Crippen LogP contribution in [0.4, 0.5) is 18.9 Å². The Morgan fingerprint density at radius 3 is 2.14 bits per heavy atom. The van der Waals surface area contributed by atoms with E-state index in [1.165, 1.54) is 36.4 Å². The number of halogens is 5. The van der Waals surface area contributed by atoms with Crippen molar-refractivity contribution in [3.63, 3.8) is 0 Å². The van der Waals surface area contributed by atoms with Crippen LogP contribution in [-0.4, -0.2) is 8.42 Å². The normalized spacial score (nSPS) is 11.2. The van der Waals surface area contributed by atoms with Crippen molar-refractivity contribution in [2.24, 2.45) is 0 Å². The van der Waals surface area contributed by atoms with E-state index < -0.39 is 42.8 Å². The van der Waals surface area contributed by atoms with Gasteiger partial charge in [-0.2, -0.15) is 23.7 Å². The molecular weight excluding hydrogens is 438 g/mol. The average Bonchev–Trinajstić information content (AvgIpc) is 2.62. The Morgan fingerprint density at radius 2 is 1.64 bits per heavy atom. The van der Waals surface area contributed by atoms with Gasteiger partial charge in [0.2, 0.25) is 9.84 Å². The number of allylic oxidation sites excluding steroid dienone is 1. The van der Waals surface area contributed by atoms with Gasteiger partial charge in [0, 0.05) is 11.2 Å². The maximum atomic E-state index is 13.2. The molecule has 5 nitrogen and oxygen atoms in total. The fourth-order valence-electron chi connectivity index (χ4n) is 2.09. The van der Waals surface area contributed by atoms with Crippen LogP contribution in [0, 0.1) is 22.7 Å². The number of anilines is 1. The summed E-state index contributed by atoms with van der Waals surface area (Å²) in [6.07, 6.45) is -4.06. The predicted molar refractivity (Wildman–Crippen MR) is 96.3 cm³/mol. The third kappa shape index (κ3) is 4.57. The number of nitrogens with zero attached hydrogens (tertiary/aromatic N) is 2. The first-order chi connectivity index (χ1) is 13.0. The molecule has 0 aliphatic carbocycles. The summed E-state index contributed by atoms with van der Waals surface area (Å²) in [5.74, 6) is 0. The van der Waals surface area contributed by atoms with Crippen molar-refractivity contribution < 1.29 is 21.6 Å². The average molecular weight is 446 g/mol. The smallest absolute Gasteiger partial charge is 0.359 e. The number of alkyl halides is 3. The number of nitriles is 2. The Bertz CT molecular complexity index is 1110. The van der Waals surface area contributed by atoms with Crippen molar-refractivity contribution in [2.45, 2.75) is 16.0 Å². The summed E-state index contributed by atoms with van der Waals surface area (Å²) in [6, 6.07) is 9.11. The third-order valence-corrected chi connectivity index (χ3v) is 5.78. The van der Waals surface area contributed by atoms with E-state index in [9.17, 15) is 21.6 Å². The number of rotatable bonds is 4. The summed E-state index contributed by atoms with van der Waals surface area (Å²) >= 11 is 11.4. The first-order valence-corrected chi connectivity index (χ1v) is 9.43. The van der Waals surface area contributed by atoms with Crippen LogP contribution in [0.2, 0.25) is 10.0 Å². The molecule has 2 aromatic rings. The molecule has 0 unspecified atom stereocenters. The van der Waals surface area contributed by atoms with Gasteiger partial charge >= 0.3 is 6.18 Å². The van der Waals surface area contributed by atoms with E-state index in [0.29, 0.717) is 12.1 Å². The maximum absolute atomic E-state index is 13.2. The Labute approximate surface area is 168 Å². The molecule has 2 rings (SSSR count). The quantitative estimate of drug-likeness (QED) is 0.653. The molecule has 0 saturated heterocycles. The standard InChI is InChI=1S/C17H8Cl2F3N3O2S/c18-11-1-3-12(4-2-11)28(26,27)16-6-14(19)13(17(20,21)22)5-15(16)25-9-10(7-23)8-24/h1-6,9,25H. The summed E-state index contributed by atoms with van der Waals surface area (Å²) < 4.78 is 65.3. The van der Waals surface area contributed by atoms with Crippen molar-refractivity contribution in [2.75, 3.05) is 5.32 Å². The van der Waals surface area contributed by atoms with Crippen LogP contribution < -0.4 is 5.32 Å². The Kier molecular flexibility index (Phi) is 6.25. The number of hydrogen-bond donors (Lipinski definition) is 1. The van der Waals surface area contributed by atoms with Crippen LogP contribution in [0.25, 0.3) is 0 Å². The van der Waals surface area contributed by atoms with Crippen LogP contribution in [-0.2, 0) is 16.0 Å². The lowest BCUT2D eigenvalue weighted by Gasteiger charge is -2.16. The number of hydrogen-bond acceptors (Lipinski definition) is 5. The molecule has 0 atom stereocenters. The van der Waals surface area contributed by atoms with Gasteiger partial charge in [-0.25, -0.2) is 8.42 Å². The predicted octanol–water partition coefficient (Wildman–Crippen LogP) is 5.19. The lowest BCUT2D eigenvalue weighted by atomic mass is 10.2. The summed E-state index contributed by atoms with van der Waals surface area (Å²) in [4.78, 5) is -0.806. The summed E-state index contributed by atoms with van der Waals surface area (Å²) in [5.41, 5.74) is -2.26. The largest absolute Gasteiger partial charge is 0.417 e. The monoisotopic (exact) mass is 445 g/mol. The van der Waals surface area contributed by atoms with Crippen molar-refractivity contribution >= 4 is 38.7 Å². The van der Waals surface area contributed by atoms with Gasteiger partial charge in [0.1, 0.15) is 17.7 Å². The molecule has 0 aliphatic rings. The van der Waals surface area contributed by atoms with Gasteiger partial charge in [0.25, 0.3) is 0 Å². The molecule has 0 aliphatic heterocycles. The van der Waals surface area contributed by atoms with Crippen molar-refractivity contribution in [1.29, 1.82) is 10.5 Å². The van der Waals surface area contributed by atoms with E-state index >= 15 is 0 Å². The molecule has 0 heterocycles. The number of benzene rings is 2. The second-order valence-electron chi connectivity index (χ2n) is 5.21. The summed E-state index contributed by atoms with van der Waals surface area (Å²) in [7, 11) is -4.30. The van der Waals surface area contributed by atoms with Crippen molar-refractivity contribution in [1.82, 2.24) is 0 Å². The molecule has 0 spiro atoms. The van der Waals surface area contributed by atoms with Crippen molar-refractivity contribution in [3.05, 3.63) is 63.8 Å². The van der Waals surface area contributed by atoms with Crippen LogP contribution in [0.3, 0.4) is 0 Å². The highest BCUT2D eigenvalue weighted by Gasteiger charge is 2.35. The summed E-state index contributed by atoms with van der Waals surface area (Å²) in [6.45, 7) is 0. The number of nitrogens with one attached hydrogen (secondary N) is 1. The molecule has 0 aromatic heterocycles. The zero-order chi connectivity index (χ0) is 21.1. The van der Waals surface area contributed by atoms with Gasteiger partial charge in [-0.3, -0.25) is 0 Å². The SMILES string of the molecule is N#CC(C#N)=CNc1cc(C(F)(F)F)c(Cl)cc1S(=O)(=O)c1ccc(Cl)cc1. The third-order valence-electron chi connectivity index (χ3n) is 3.40. The van der Waals surface area contributed by atoms with Crippen molar-refractivity contribution in [3.8, 4) is 12.1 Å². The highest BCUT2D eigenvalue weighted by Crippen LogP contribution is 2.40. The minimum Gasteiger partial charge on any atom is -0.359 e. The van der Waals surface area contributed by atoms with Crippen LogP contribution in [0.5, 0.6) is 0 Å². The second-order valence-corrected chi connectivity index (χ2v) is 7.97. The molecule has 28 heavy (non-hydrogen) atoms. The number of sulfone groups is 1. The van der Waals surface area contributed by atoms with E-state index in [1.807, 2.05) is 0 Å². The molecule has 0 saturated carbocycles. The van der Waals surface area contributed by atoms with E-state index in [0.717, 1.165) is 6.20 Å². The van der Waals surface area contributed by atoms with Crippen LogP contribution >= 0.6 is 23.2 Å². The topological polar surface area (TPSA) is 93.8 Å². The molecule has 1 N–H and O–H groups in total. The highest BCUT2D eigenvalue weighted by molar-refractivity contribution is 7.91. The van der Waals surface area contributed by atoms with Gasteiger partial charge in [0.15, 0.2) is 0 Å². The van der Waals surface area contributed by atoms with E-state index in [-0.39, 0.29) is 9.92 Å². The van der Waals surface area contributed by atoms with E-state index in [4.69, 9.17) is 33.7 Å². The molecule has 0 amide bonds. The molecular formula is C17H8Cl2F3N3O2S. The zero-order valence-corrected chi connectivity index (χ0v) is 15.9. The molecule has 11 heteroatoms. The molecule has 2 aromatic carbocycles. The first kappa shape index (κ1) is 21.6. The summed E-state index contributed by atoms with van der Waals surface area (Å²) in [5, 5.41) is 19.2. The van der Waals surface area contributed by atoms with Gasteiger partial charge in [-0.05, 0) is 36.4 Å².